The summed E-state index contributed by atoms with van der Waals surface area (Å²) in [4.78, 5) is 27.5. The maximum atomic E-state index is 13.1. The number of nitrogens with zero attached hydrogens (tertiary/aromatic N) is 6. The molecule has 1 aliphatic rings. The molecule has 1 aliphatic heterocycles. The van der Waals surface area contributed by atoms with Crippen LogP contribution in [-0.4, -0.2) is 54.3 Å². The fraction of sp³-hybridized carbons (Fsp3) is 0.382. The van der Waals surface area contributed by atoms with E-state index < -0.39 is 6.04 Å². The summed E-state index contributed by atoms with van der Waals surface area (Å²) >= 11 is 0. The molecule has 5 heterocycles. The molecular formula is C34H41N9O3. The molecule has 0 radical (unpaired) electrons. The SMILES string of the molecule is C=CCn1c2nc(Nc3cc(NC(CO)c4ccccc4)c(-c4nc(C5(CC)CCNCC5)no4)cn3)ccc2c(=O)n1C(C)C. The number of piperidine rings is 1. The standard InChI is InChI=1S/C34H41N9O3/c1-5-18-42-30-24(32(45)43(42)22(3)4)12-13-28(39-30)38-29-19-26(37-27(21-44)23-10-8-7-9-11-23)25(20-36-29)31-40-33(41-46-31)34(6-2)14-16-35-17-15-34/h5,7-13,19-20,22,27,35,44H,1,6,14-18,21H2,2-4H3,(H2,36,37,38,39). The van der Waals surface area contributed by atoms with E-state index in [1.54, 1.807) is 29.1 Å². The summed E-state index contributed by atoms with van der Waals surface area (Å²) in [6, 6.07) is 14.7. The number of pyridine rings is 2. The first-order valence-corrected chi connectivity index (χ1v) is 15.8. The highest BCUT2D eigenvalue weighted by atomic mass is 16.5. The fourth-order valence-electron chi connectivity index (χ4n) is 6.27. The van der Waals surface area contributed by atoms with Crippen molar-refractivity contribution >= 4 is 28.4 Å². The minimum Gasteiger partial charge on any atom is -0.394 e. The highest BCUT2D eigenvalue weighted by Crippen LogP contribution is 2.38. The number of hydrogen-bond donors (Lipinski definition) is 4. The molecule has 0 amide bonds. The van der Waals surface area contributed by atoms with Gasteiger partial charge in [0.25, 0.3) is 11.4 Å². The van der Waals surface area contributed by atoms with Gasteiger partial charge in [0.1, 0.15) is 11.6 Å². The number of aromatic nitrogens is 6. The van der Waals surface area contributed by atoms with Crippen LogP contribution in [0.3, 0.4) is 0 Å². The molecule has 4 N–H and O–H groups in total. The van der Waals surface area contributed by atoms with Gasteiger partial charge in [-0.1, -0.05) is 48.5 Å². The lowest BCUT2D eigenvalue weighted by atomic mass is 9.76. The lowest BCUT2D eigenvalue weighted by molar-refractivity contribution is 0.271. The molecule has 12 heteroatoms. The number of hydrogen-bond acceptors (Lipinski definition) is 10. The largest absolute Gasteiger partial charge is 0.394 e. The number of benzene rings is 1. The van der Waals surface area contributed by atoms with Gasteiger partial charge < -0.3 is 25.6 Å². The van der Waals surface area contributed by atoms with E-state index in [0.29, 0.717) is 52.2 Å². The summed E-state index contributed by atoms with van der Waals surface area (Å²) in [6.45, 7) is 12.1. The molecule has 4 aromatic heterocycles. The van der Waals surface area contributed by atoms with E-state index in [4.69, 9.17) is 14.5 Å². The molecule has 0 aliphatic carbocycles. The second kappa shape index (κ2) is 13.3. The molecule has 1 aromatic carbocycles. The number of nitrogens with one attached hydrogen (secondary N) is 3. The summed E-state index contributed by atoms with van der Waals surface area (Å²) in [7, 11) is 0. The number of allylic oxidation sites excluding steroid dienone is 1. The Balaban J connectivity index is 1.38. The number of aliphatic hydroxyl groups excluding tert-OH is 1. The quantitative estimate of drug-likeness (QED) is 0.134. The molecule has 1 atom stereocenters. The zero-order valence-electron chi connectivity index (χ0n) is 26.5. The van der Waals surface area contributed by atoms with Crippen molar-refractivity contribution in [1.29, 1.82) is 0 Å². The molecule has 0 spiro atoms. The Bertz CT molecular complexity index is 1870. The average molecular weight is 624 g/mol. The van der Waals surface area contributed by atoms with Crippen molar-refractivity contribution in [1.82, 2.24) is 34.8 Å². The van der Waals surface area contributed by atoms with Gasteiger partial charge in [-0.15, -0.1) is 6.58 Å². The van der Waals surface area contributed by atoms with Crippen molar-refractivity contribution < 1.29 is 9.63 Å². The zero-order valence-corrected chi connectivity index (χ0v) is 26.5. The van der Waals surface area contributed by atoms with Gasteiger partial charge in [0.15, 0.2) is 11.5 Å². The summed E-state index contributed by atoms with van der Waals surface area (Å²) < 4.78 is 9.41. The molecule has 5 aromatic rings. The van der Waals surface area contributed by atoms with Gasteiger partial charge in [-0.3, -0.25) is 9.48 Å². The van der Waals surface area contributed by atoms with Crippen LogP contribution < -0.4 is 21.5 Å². The predicted octanol–water partition coefficient (Wildman–Crippen LogP) is 5.33. The molecule has 1 saturated heterocycles. The van der Waals surface area contributed by atoms with E-state index in [1.165, 1.54) is 0 Å². The van der Waals surface area contributed by atoms with E-state index >= 15 is 0 Å². The van der Waals surface area contributed by atoms with Crippen LogP contribution in [0.15, 0.2) is 76.7 Å². The van der Waals surface area contributed by atoms with E-state index in [-0.39, 0.29) is 23.6 Å². The Labute approximate surface area is 267 Å². The van der Waals surface area contributed by atoms with Crippen molar-refractivity contribution in [3.63, 3.8) is 0 Å². The molecule has 12 nitrogen and oxygen atoms in total. The number of fused-ring (bicyclic) bond motifs is 1. The van der Waals surface area contributed by atoms with E-state index in [9.17, 15) is 9.90 Å². The van der Waals surface area contributed by atoms with Gasteiger partial charge in [-0.05, 0) is 63.9 Å². The van der Waals surface area contributed by atoms with Gasteiger partial charge in [-0.25, -0.2) is 14.6 Å². The van der Waals surface area contributed by atoms with Gasteiger partial charge in [0, 0.05) is 23.7 Å². The first-order valence-electron chi connectivity index (χ1n) is 15.8. The zero-order chi connectivity index (χ0) is 32.3. The summed E-state index contributed by atoms with van der Waals surface area (Å²) in [5, 5.41) is 25.6. The van der Waals surface area contributed by atoms with Gasteiger partial charge in [0.05, 0.1) is 35.8 Å². The van der Waals surface area contributed by atoms with Crippen molar-refractivity contribution in [2.75, 3.05) is 30.3 Å². The minimum absolute atomic E-state index is 0.0443. The lowest BCUT2D eigenvalue weighted by Gasteiger charge is -2.33. The number of anilines is 3. The van der Waals surface area contributed by atoms with Crippen LogP contribution in [-0.2, 0) is 12.0 Å². The molecule has 1 fully saturated rings. The second-order valence-corrected chi connectivity index (χ2v) is 12.0. The normalized spacial score (nSPS) is 15.2. The molecular weight excluding hydrogens is 582 g/mol. The fourth-order valence-corrected chi connectivity index (χ4v) is 6.27. The Morgan fingerprint density at radius 2 is 1.91 bits per heavy atom. The van der Waals surface area contributed by atoms with E-state index in [2.05, 4.69) is 39.6 Å². The monoisotopic (exact) mass is 623 g/mol. The molecule has 1 unspecified atom stereocenters. The van der Waals surface area contributed by atoms with Crippen molar-refractivity contribution in [2.45, 2.75) is 64.1 Å². The Morgan fingerprint density at radius 3 is 2.61 bits per heavy atom. The average Bonchev–Trinajstić information content (AvgIpc) is 3.68. The Kier molecular flexibility index (Phi) is 9.00. The third-order valence-electron chi connectivity index (χ3n) is 8.85. The van der Waals surface area contributed by atoms with Crippen LogP contribution in [0.4, 0.5) is 17.3 Å². The Morgan fingerprint density at radius 1 is 1.13 bits per heavy atom. The van der Waals surface area contributed by atoms with Crippen molar-refractivity contribution in [3.05, 3.63) is 89.1 Å². The third kappa shape index (κ3) is 5.93. The van der Waals surface area contributed by atoms with Crippen LogP contribution in [0, 0.1) is 0 Å². The van der Waals surface area contributed by atoms with Crippen LogP contribution in [0.25, 0.3) is 22.5 Å². The topological polar surface area (TPSA) is 148 Å². The van der Waals surface area contributed by atoms with Gasteiger partial charge in [-0.2, -0.15) is 4.98 Å². The van der Waals surface area contributed by atoms with E-state index in [0.717, 1.165) is 37.9 Å². The predicted molar refractivity (Wildman–Crippen MR) is 179 cm³/mol. The second-order valence-electron chi connectivity index (χ2n) is 12.0. The highest BCUT2D eigenvalue weighted by molar-refractivity contribution is 5.79. The van der Waals surface area contributed by atoms with Gasteiger partial charge in [0.2, 0.25) is 0 Å². The van der Waals surface area contributed by atoms with Crippen molar-refractivity contribution in [2.24, 2.45) is 0 Å². The van der Waals surface area contributed by atoms with Gasteiger partial charge >= 0.3 is 0 Å². The maximum absolute atomic E-state index is 13.1. The highest BCUT2D eigenvalue weighted by Gasteiger charge is 2.37. The van der Waals surface area contributed by atoms with Crippen LogP contribution in [0.5, 0.6) is 0 Å². The van der Waals surface area contributed by atoms with Crippen LogP contribution in [0.2, 0.25) is 0 Å². The molecule has 240 valence electrons. The minimum atomic E-state index is -0.400. The van der Waals surface area contributed by atoms with E-state index in [1.807, 2.05) is 54.9 Å². The molecule has 0 bridgehead atoms. The summed E-state index contributed by atoms with van der Waals surface area (Å²) in [6.07, 6.45) is 6.23. The maximum Gasteiger partial charge on any atom is 0.276 e. The summed E-state index contributed by atoms with van der Waals surface area (Å²) in [5.41, 5.74) is 2.53. The first-order chi connectivity index (χ1) is 22.4. The molecule has 0 saturated carbocycles. The number of rotatable bonds is 12. The number of aliphatic hydroxyl groups is 1. The first kappa shape index (κ1) is 31.2. The van der Waals surface area contributed by atoms with Crippen LogP contribution >= 0.6 is 0 Å². The smallest absolute Gasteiger partial charge is 0.276 e. The van der Waals surface area contributed by atoms with Crippen LogP contribution in [0.1, 0.15) is 63.5 Å². The molecule has 6 rings (SSSR count). The summed E-state index contributed by atoms with van der Waals surface area (Å²) in [5.74, 6) is 2.09. The van der Waals surface area contributed by atoms with Crippen molar-refractivity contribution in [3.8, 4) is 11.5 Å². The third-order valence-corrected chi connectivity index (χ3v) is 8.85. The Hall–Kier alpha value is -4.81. The molecule has 46 heavy (non-hydrogen) atoms. The lowest BCUT2D eigenvalue weighted by Crippen LogP contribution is -2.40.